The molecule has 1 aliphatic carbocycles. The van der Waals surface area contributed by atoms with Gasteiger partial charge in [-0.05, 0) is 54.3 Å². The molecule has 0 spiro atoms. The monoisotopic (exact) mass is 382 g/mol. The third-order valence-corrected chi connectivity index (χ3v) is 5.59. The van der Waals surface area contributed by atoms with Gasteiger partial charge in [-0.25, -0.2) is 0 Å². The second-order valence-corrected chi connectivity index (χ2v) is 7.51. The average molecular weight is 382 g/mol. The van der Waals surface area contributed by atoms with Gasteiger partial charge in [0, 0.05) is 11.6 Å². The van der Waals surface area contributed by atoms with Gasteiger partial charge in [0.15, 0.2) is 5.82 Å². The zero-order valence-corrected chi connectivity index (χ0v) is 16.1. The van der Waals surface area contributed by atoms with E-state index in [-0.39, 0.29) is 0 Å². The van der Waals surface area contributed by atoms with E-state index in [0.29, 0.717) is 11.7 Å². The van der Waals surface area contributed by atoms with Crippen LogP contribution < -0.4 is 10.5 Å². The first-order valence-corrected chi connectivity index (χ1v) is 10.0. The van der Waals surface area contributed by atoms with Crippen molar-refractivity contribution in [1.82, 2.24) is 15.2 Å². The molecule has 144 valence electrons. The van der Waals surface area contributed by atoms with Gasteiger partial charge >= 0.3 is 0 Å². The molecular formula is C24H22N4O. The Morgan fingerprint density at radius 3 is 2.38 bits per heavy atom. The largest absolute Gasteiger partial charge is 0.457 e. The van der Waals surface area contributed by atoms with Crippen molar-refractivity contribution in [3.05, 3.63) is 72.6 Å². The Morgan fingerprint density at radius 2 is 1.62 bits per heavy atom. The van der Waals surface area contributed by atoms with Crippen LogP contribution in [-0.4, -0.2) is 15.2 Å². The molecule has 0 atom stereocenters. The molecule has 5 heteroatoms. The van der Waals surface area contributed by atoms with Crippen LogP contribution in [0.1, 0.15) is 37.3 Å². The van der Waals surface area contributed by atoms with E-state index < -0.39 is 0 Å². The molecule has 5 nitrogen and oxygen atoms in total. The predicted octanol–water partition coefficient (Wildman–Crippen LogP) is 5.72. The number of hydrogen-bond acceptors (Lipinski definition) is 5. The summed E-state index contributed by atoms with van der Waals surface area (Å²) in [4.78, 5) is 4.87. The number of fused-ring (bicyclic) bond motifs is 1. The van der Waals surface area contributed by atoms with Gasteiger partial charge in [-0.3, -0.25) is 4.98 Å². The second kappa shape index (κ2) is 7.51. The topological polar surface area (TPSA) is 73.9 Å². The van der Waals surface area contributed by atoms with Crippen LogP contribution >= 0.6 is 0 Å². The van der Waals surface area contributed by atoms with Crippen molar-refractivity contribution in [1.29, 1.82) is 0 Å². The molecule has 0 aliphatic heterocycles. The highest BCUT2D eigenvalue weighted by Gasteiger charge is 2.21. The van der Waals surface area contributed by atoms with Gasteiger partial charge in [-0.15, -0.1) is 5.10 Å². The van der Waals surface area contributed by atoms with Gasteiger partial charge in [0.2, 0.25) is 0 Å². The molecule has 4 aromatic rings. The standard InChI is InChI=1S/C24H22N4O/c25-24-23-20(14-21(17-6-4-5-7-17)27-22(23)15-26-28-24)16-10-12-19(13-11-16)29-18-8-2-1-3-9-18/h1-3,8-15,17H,4-7H2,(H2,25,28). The summed E-state index contributed by atoms with van der Waals surface area (Å²) in [7, 11) is 0. The van der Waals surface area contributed by atoms with Crippen molar-refractivity contribution >= 4 is 16.7 Å². The fourth-order valence-electron chi connectivity index (χ4n) is 4.13. The summed E-state index contributed by atoms with van der Waals surface area (Å²) in [5, 5.41) is 8.94. The zero-order chi connectivity index (χ0) is 19.6. The van der Waals surface area contributed by atoms with Crippen LogP contribution in [0, 0.1) is 0 Å². The van der Waals surface area contributed by atoms with Crippen molar-refractivity contribution in [3.63, 3.8) is 0 Å². The molecule has 2 N–H and O–H groups in total. The Bertz CT molecular complexity index is 1140. The lowest BCUT2D eigenvalue weighted by molar-refractivity contribution is 0.483. The van der Waals surface area contributed by atoms with Gasteiger partial charge in [0.05, 0.1) is 17.1 Å². The average Bonchev–Trinajstić information content (AvgIpc) is 3.30. The molecule has 0 unspecified atom stereocenters. The molecular weight excluding hydrogens is 360 g/mol. The Labute approximate surface area is 169 Å². The van der Waals surface area contributed by atoms with E-state index >= 15 is 0 Å². The Kier molecular flexibility index (Phi) is 4.56. The highest BCUT2D eigenvalue weighted by molar-refractivity contribution is 6.00. The quantitative estimate of drug-likeness (QED) is 0.488. The Balaban J connectivity index is 1.56. The number of benzene rings is 2. The predicted molar refractivity (Wildman–Crippen MR) is 115 cm³/mol. The number of anilines is 1. The molecule has 1 fully saturated rings. The van der Waals surface area contributed by atoms with E-state index in [0.717, 1.165) is 39.2 Å². The molecule has 0 saturated heterocycles. The van der Waals surface area contributed by atoms with Crippen LogP contribution in [0.25, 0.3) is 22.0 Å². The lowest BCUT2D eigenvalue weighted by Crippen LogP contribution is -2.02. The molecule has 2 heterocycles. The smallest absolute Gasteiger partial charge is 0.156 e. The number of nitrogen functional groups attached to an aromatic ring is 1. The second-order valence-electron chi connectivity index (χ2n) is 7.51. The number of pyridine rings is 1. The Hall–Kier alpha value is -3.47. The summed E-state index contributed by atoms with van der Waals surface area (Å²) in [6.45, 7) is 0. The first-order valence-electron chi connectivity index (χ1n) is 10.0. The number of hydrogen-bond donors (Lipinski definition) is 1. The molecule has 5 rings (SSSR count). The van der Waals surface area contributed by atoms with Gasteiger partial charge in [-0.1, -0.05) is 43.2 Å². The molecule has 1 aliphatic rings. The highest BCUT2D eigenvalue weighted by Crippen LogP contribution is 2.38. The van der Waals surface area contributed by atoms with Crippen molar-refractivity contribution in [3.8, 4) is 22.6 Å². The van der Waals surface area contributed by atoms with E-state index in [4.69, 9.17) is 15.5 Å². The third kappa shape index (κ3) is 3.51. The number of ether oxygens (including phenoxy) is 1. The minimum Gasteiger partial charge on any atom is -0.457 e. The summed E-state index contributed by atoms with van der Waals surface area (Å²) in [6, 6.07) is 20.0. The summed E-state index contributed by atoms with van der Waals surface area (Å²) in [5.41, 5.74) is 10.2. The first-order chi connectivity index (χ1) is 14.3. The molecule has 0 radical (unpaired) electrons. The summed E-state index contributed by atoms with van der Waals surface area (Å²) >= 11 is 0. The lowest BCUT2D eigenvalue weighted by Gasteiger charge is -2.15. The Morgan fingerprint density at radius 1 is 0.897 bits per heavy atom. The molecule has 2 aromatic carbocycles. The van der Waals surface area contributed by atoms with Gasteiger partial charge < -0.3 is 10.5 Å². The fourth-order valence-corrected chi connectivity index (χ4v) is 4.13. The number of nitrogens with two attached hydrogens (primary N) is 1. The SMILES string of the molecule is Nc1nncc2nc(C3CCCC3)cc(-c3ccc(Oc4ccccc4)cc3)c12. The van der Waals surface area contributed by atoms with E-state index in [1.807, 2.05) is 42.5 Å². The molecule has 29 heavy (non-hydrogen) atoms. The van der Waals surface area contributed by atoms with Crippen LogP contribution in [-0.2, 0) is 0 Å². The lowest BCUT2D eigenvalue weighted by atomic mass is 9.96. The number of rotatable bonds is 4. The number of aromatic nitrogens is 3. The fraction of sp³-hybridized carbons (Fsp3) is 0.208. The maximum Gasteiger partial charge on any atom is 0.156 e. The third-order valence-electron chi connectivity index (χ3n) is 5.59. The minimum absolute atomic E-state index is 0.410. The number of para-hydroxylation sites is 1. The van der Waals surface area contributed by atoms with Crippen LogP contribution in [0.15, 0.2) is 66.9 Å². The van der Waals surface area contributed by atoms with E-state index in [9.17, 15) is 0 Å². The summed E-state index contributed by atoms with van der Waals surface area (Å²) in [5.74, 6) is 2.53. The maximum atomic E-state index is 6.19. The van der Waals surface area contributed by atoms with Crippen molar-refractivity contribution in [2.75, 3.05) is 5.73 Å². The molecule has 2 aromatic heterocycles. The van der Waals surface area contributed by atoms with E-state index in [2.05, 4.69) is 28.4 Å². The van der Waals surface area contributed by atoms with Crippen LogP contribution in [0.4, 0.5) is 5.82 Å². The van der Waals surface area contributed by atoms with Gasteiger partial charge in [-0.2, -0.15) is 5.10 Å². The molecule has 0 bridgehead atoms. The van der Waals surface area contributed by atoms with Crippen molar-refractivity contribution in [2.45, 2.75) is 31.6 Å². The van der Waals surface area contributed by atoms with Gasteiger partial charge in [0.1, 0.15) is 11.5 Å². The highest BCUT2D eigenvalue weighted by atomic mass is 16.5. The van der Waals surface area contributed by atoms with E-state index in [1.165, 1.54) is 25.7 Å². The van der Waals surface area contributed by atoms with Crippen molar-refractivity contribution < 1.29 is 4.74 Å². The van der Waals surface area contributed by atoms with Crippen LogP contribution in [0.3, 0.4) is 0 Å². The molecule has 0 amide bonds. The van der Waals surface area contributed by atoms with Crippen molar-refractivity contribution in [2.24, 2.45) is 0 Å². The van der Waals surface area contributed by atoms with E-state index in [1.54, 1.807) is 6.20 Å². The maximum absolute atomic E-state index is 6.19. The van der Waals surface area contributed by atoms with Crippen LogP contribution in [0.2, 0.25) is 0 Å². The summed E-state index contributed by atoms with van der Waals surface area (Å²) in [6.07, 6.45) is 6.62. The van der Waals surface area contributed by atoms with Gasteiger partial charge in [0.25, 0.3) is 0 Å². The molecule has 1 saturated carbocycles. The minimum atomic E-state index is 0.410. The normalized spacial score (nSPS) is 14.3. The summed E-state index contributed by atoms with van der Waals surface area (Å²) < 4.78 is 5.93. The number of nitrogens with zero attached hydrogens (tertiary/aromatic N) is 3. The first kappa shape index (κ1) is 17.6. The van der Waals surface area contributed by atoms with Crippen LogP contribution in [0.5, 0.6) is 11.5 Å². The zero-order valence-electron chi connectivity index (χ0n) is 16.1.